The number of carboxylic acid groups (broad SMARTS) is 2. The van der Waals surface area contributed by atoms with Crippen LogP contribution in [0.1, 0.15) is 17.3 Å². The number of carboxylic acids is 2. The van der Waals surface area contributed by atoms with Gasteiger partial charge >= 0.3 is 11.9 Å². The van der Waals surface area contributed by atoms with Gasteiger partial charge < -0.3 is 20.6 Å². The molecule has 0 saturated heterocycles. The number of anilines is 1. The number of benzene rings is 1. The average Bonchev–Trinajstić information content (AvgIpc) is 2.30. The molecule has 19 heavy (non-hydrogen) atoms. The fourth-order valence-electron chi connectivity index (χ4n) is 1.27. The van der Waals surface area contributed by atoms with Crippen molar-refractivity contribution < 1.29 is 29.7 Å². The summed E-state index contributed by atoms with van der Waals surface area (Å²) in [6.07, 6.45) is 0.730. The lowest BCUT2D eigenvalue weighted by Gasteiger charge is -2.07. The van der Waals surface area contributed by atoms with Crippen LogP contribution in [-0.2, 0) is 9.59 Å². The maximum atomic E-state index is 11.6. The summed E-state index contributed by atoms with van der Waals surface area (Å²) >= 11 is 0. The van der Waals surface area contributed by atoms with Crippen molar-refractivity contribution >= 4 is 23.5 Å². The smallest absolute Gasteiger partial charge is 0.339 e. The number of aromatic hydroxyl groups is 1. The third-order valence-electron chi connectivity index (χ3n) is 2.18. The van der Waals surface area contributed by atoms with E-state index in [4.69, 9.17) is 10.2 Å². The molecule has 0 bridgehead atoms. The molecule has 1 rings (SSSR count). The molecule has 7 heteroatoms. The first kappa shape index (κ1) is 14.2. The fraction of sp³-hybridized carbons (Fsp3) is 0.0833. The van der Waals surface area contributed by atoms with Crippen LogP contribution < -0.4 is 5.32 Å². The Morgan fingerprint density at radius 1 is 1.21 bits per heavy atom. The molecule has 1 amide bonds. The van der Waals surface area contributed by atoms with Crippen LogP contribution in [0.2, 0.25) is 0 Å². The van der Waals surface area contributed by atoms with Gasteiger partial charge in [0.2, 0.25) is 0 Å². The third kappa shape index (κ3) is 3.84. The lowest BCUT2D eigenvalue weighted by atomic mass is 10.1. The van der Waals surface area contributed by atoms with E-state index >= 15 is 0 Å². The molecule has 0 radical (unpaired) electrons. The molecule has 0 fully saturated rings. The maximum Gasteiger partial charge on any atom is 0.339 e. The first-order valence-corrected chi connectivity index (χ1v) is 5.10. The zero-order valence-electron chi connectivity index (χ0n) is 9.88. The van der Waals surface area contributed by atoms with Crippen molar-refractivity contribution in [1.29, 1.82) is 0 Å². The van der Waals surface area contributed by atoms with Gasteiger partial charge in [-0.2, -0.15) is 0 Å². The van der Waals surface area contributed by atoms with E-state index in [9.17, 15) is 19.5 Å². The van der Waals surface area contributed by atoms with Gasteiger partial charge in [-0.15, -0.1) is 0 Å². The van der Waals surface area contributed by atoms with Crippen LogP contribution in [-0.4, -0.2) is 33.2 Å². The van der Waals surface area contributed by atoms with Crippen molar-refractivity contribution in [3.8, 4) is 5.75 Å². The number of carbonyl (C=O) groups is 3. The van der Waals surface area contributed by atoms with Gasteiger partial charge in [-0.3, -0.25) is 4.79 Å². The molecular weight excluding hydrogens is 254 g/mol. The SMILES string of the molecule is C/C(=C/C(=O)O)C(=O)Nc1ccc(O)c(C(=O)O)c1. The summed E-state index contributed by atoms with van der Waals surface area (Å²) in [6, 6.07) is 3.49. The van der Waals surface area contributed by atoms with Gasteiger partial charge in [0.1, 0.15) is 11.3 Å². The zero-order chi connectivity index (χ0) is 14.6. The number of aliphatic carboxylic acids is 1. The van der Waals surface area contributed by atoms with Gasteiger partial charge in [-0.1, -0.05) is 0 Å². The van der Waals surface area contributed by atoms with Crippen LogP contribution in [0.3, 0.4) is 0 Å². The normalized spacial score (nSPS) is 10.9. The number of rotatable bonds is 4. The highest BCUT2D eigenvalue weighted by Crippen LogP contribution is 2.21. The highest BCUT2D eigenvalue weighted by Gasteiger charge is 2.12. The van der Waals surface area contributed by atoms with E-state index in [1.807, 2.05) is 0 Å². The molecule has 0 spiro atoms. The van der Waals surface area contributed by atoms with E-state index in [1.165, 1.54) is 13.0 Å². The van der Waals surface area contributed by atoms with E-state index in [0.717, 1.165) is 18.2 Å². The number of aromatic carboxylic acids is 1. The average molecular weight is 265 g/mol. The van der Waals surface area contributed by atoms with Gasteiger partial charge in [-0.25, -0.2) is 9.59 Å². The lowest BCUT2D eigenvalue weighted by Crippen LogP contribution is -2.14. The molecule has 1 aromatic carbocycles. The van der Waals surface area contributed by atoms with Crippen molar-refractivity contribution in [3.05, 3.63) is 35.4 Å². The van der Waals surface area contributed by atoms with E-state index in [-0.39, 0.29) is 16.8 Å². The Labute approximate surface area is 107 Å². The molecule has 0 saturated carbocycles. The van der Waals surface area contributed by atoms with Crippen LogP contribution in [0.5, 0.6) is 5.75 Å². The van der Waals surface area contributed by atoms with Gasteiger partial charge in [-0.05, 0) is 25.1 Å². The molecule has 1 aromatic rings. The minimum atomic E-state index is -1.34. The second kappa shape index (κ2) is 5.67. The lowest BCUT2D eigenvalue weighted by molar-refractivity contribution is -0.131. The highest BCUT2D eigenvalue weighted by molar-refractivity contribution is 6.06. The van der Waals surface area contributed by atoms with Crippen molar-refractivity contribution in [2.75, 3.05) is 5.32 Å². The predicted molar refractivity (Wildman–Crippen MR) is 65.1 cm³/mol. The van der Waals surface area contributed by atoms with Gasteiger partial charge in [0.05, 0.1) is 0 Å². The largest absolute Gasteiger partial charge is 0.507 e. The third-order valence-corrected chi connectivity index (χ3v) is 2.18. The van der Waals surface area contributed by atoms with Gasteiger partial charge in [0.15, 0.2) is 0 Å². The monoisotopic (exact) mass is 265 g/mol. The summed E-state index contributed by atoms with van der Waals surface area (Å²) in [4.78, 5) is 32.7. The van der Waals surface area contributed by atoms with Gasteiger partial charge in [0, 0.05) is 17.3 Å². The van der Waals surface area contributed by atoms with Crippen LogP contribution in [0.25, 0.3) is 0 Å². The Bertz CT molecular complexity index is 576. The Morgan fingerprint density at radius 3 is 2.37 bits per heavy atom. The second-order valence-corrected chi connectivity index (χ2v) is 3.66. The highest BCUT2D eigenvalue weighted by atomic mass is 16.4. The van der Waals surface area contributed by atoms with E-state index in [2.05, 4.69) is 5.32 Å². The zero-order valence-corrected chi connectivity index (χ0v) is 9.88. The maximum absolute atomic E-state index is 11.6. The van der Waals surface area contributed by atoms with Crippen LogP contribution >= 0.6 is 0 Å². The van der Waals surface area contributed by atoms with E-state index in [1.54, 1.807) is 0 Å². The number of hydrogen-bond acceptors (Lipinski definition) is 4. The Kier molecular flexibility index (Phi) is 4.25. The summed E-state index contributed by atoms with van der Waals surface area (Å²) in [5.74, 6) is -3.70. The second-order valence-electron chi connectivity index (χ2n) is 3.66. The number of hydrogen-bond donors (Lipinski definition) is 4. The molecule has 0 aromatic heterocycles. The van der Waals surface area contributed by atoms with Crippen molar-refractivity contribution in [3.63, 3.8) is 0 Å². The van der Waals surface area contributed by atoms with E-state index < -0.39 is 23.6 Å². The summed E-state index contributed by atoms with van der Waals surface area (Å²) in [6.45, 7) is 1.31. The quantitative estimate of drug-likeness (QED) is 0.476. The summed E-state index contributed by atoms with van der Waals surface area (Å²) in [7, 11) is 0. The first-order valence-electron chi connectivity index (χ1n) is 5.10. The molecular formula is C12H11NO6. The molecule has 4 N–H and O–H groups in total. The molecule has 0 unspecified atom stereocenters. The summed E-state index contributed by atoms with van der Waals surface area (Å²) in [5, 5.41) is 28.9. The number of nitrogens with one attached hydrogen (secondary N) is 1. The van der Waals surface area contributed by atoms with Crippen molar-refractivity contribution in [2.24, 2.45) is 0 Å². The van der Waals surface area contributed by atoms with Crippen molar-refractivity contribution in [1.82, 2.24) is 0 Å². The number of phenols is 1. The van der Waals surface area contributed by atoms with Crippen LogP contribution in [0, 0.1) is 0 Å². The molecule has 0 aliphatic heterocycles. The molecule has 7 nitrogen and oxygen atoms in total. The van der Waals surface area contributed by atoms with Crippen molar-refractivity contribution in [2.45, 2.75) is 6.92 Å². The van der Waals surface area contributed by atoms with Gasteiger partial charge in [0.25, 0.3) is 5.91 Å². The fourth-order valence-corrected chi connectivity index (χ4v) is 1.27. The molecule has 0 aliphatic carbocycles. The van der Waals surface area contributed by atoms with E-state index in [0.29, 0.717) is 0 Å². The number of amides is 1. The van der Waals surface area contributed by atoms with Crippen LogP contribution in [0.15, 0.2) is 29.8 Å². The standard InChI is InChI=1S/C12H11NO6/c1-6(4-10(15)16)11(17)13-7-2-3-9(14)8(5-7)12(18)19/h2-5,14H,1H3,(H,13,17)(H,15,16)(H,18,19)/b6-4-. The number of carbonyl (C=O) groups excluding carboxylic acids is 1. The molecule has 0 atom stereocenters. The minimum absolute atomic E-state index is 0.0440. The van der Waals surface area contributed by atoms with Crippen LogP contribution in [0.4, 0.5) is 5.69 Å². The summed E-state index contributed by atoms with van der Waals surface area (Å²) in [5.41, 5.74) is -0.270. The summed E-state index contributed by atoms with van der Waals surface area (Å²) < 4.78 is 0. The molecule has 0 heterocycles. The topological polar surface area (TPSA) is 124 Å². The predicted octanol–water partition coefficient (Wildman–Crippen LogP) is 1.06. The first-order chi connectivity index (χ1) is 8.81. The minimum Gasteiger partial charge on any atom is -0.507 e. The molecule has 0 aliphatic rings. The Balaban J connectivity index is 2.95. The molecule has 100 valence electrons. The Morgan fingerprint density at radius 2 is 1.84 bits per heavy atom. The Hall–Kier alpha value is -2.83.